The lowest BCUT2D eigenvalue weighted by Crippen LogP contribution is -2.24. The second kappa shape index (κ2) is 2.73. The van der Waals surface area contributed by atoms with E-state index in [1.54, 1.807) is 18.4 Å². The summed E-state index contributed by atoms with van der Waals surface area (Å²) in [5, 5.41) is 2.38. The molecule has 0 fully saturated rings. The number of benzene rings is 1. The molecule has 12 heavy (non-hydrogen) atoms. The number of rotatable bonds is 1. The maximum Gasteiger partial charge on any atom is 0.200 e. The molecule has 0 amide bonds. The number of anilines is 1. The third kappa shape index (κ3) is 1.15. The molecule has 0 spiro atoms. The zero-order valence-corrected chi connectivity index (χ0v) is 7.51. The first-order valence-corrected chi connectivity index (χ1v) is 4.43. The van der Waals surface area contributed by atoms with Crippen molar-refractivity contribution >= 4 is 26.7 Å². The molecule has 4 heteroatoms. The molecule has 0 unspecified atom stereocenters. The Labute approximate surface area is 74.4 Å². The van der Waals surface area contributed by atoms with Gasteiger partial charge in [0.05, 0.1) is 10.2 Å². The highest BCUT2D eigenvalue weighted by Crippen LogP contribution is 2.26. The molecule has 2 N–H and O–H groups in total. The van der Waals surface area contributed by atoms with Crippen molar-refractivity contribution in [2.45, 2.75) is 0 Å². The quantitative estimate of drug-likeness (QED) is 0.534. The van der Waals surface area contributed by atoms with Crippen LogP contribution in [0.15, 0.2) is 24.3 Å². The van der Waals surface area contributed by atoms with Gasteiger partial charge in [-0.2, -0.15) is 0 Å². The highest BCUT2D eigenvalue weighted by molar-refractivity contribution is 7.22. The third-order valence-corrected chi connectivity index (χ3v) is 2.71. The maximum absolute atomic E-state index is 5.56. The van der Waals surface area contributed by atoms with Crippen LogP contribution in [0.5, 0.6) is 0 Å². The molecule has 0 aliphatic heterocycles. The summed E-state index contributed by atoms with van der Waals surface area (Å²) in [5.41, 5.74) is 1.01. The topological polar surface area (TPSA) is 42.1 Å². The van der Waals surface area contributed by atoms with Gasteiger partial charge in [-0.25, -0.2) is 10.8 Å². The summed E-state index contributed by atoms with van der Waals surface area (Å²) in [6.45, 7) is 0. The number of thiazole rings is 1. The lowest BCUT2D eigenvalue weighted by molar-refractivity contribution is 1.01. The van der Waals surface area contributed by atoms with E-state index in [0.717, 1.165) is 10.6 Å². The van der Waals surface area contributed by atoms with Crippen LogP contribution in [0, 0.1) is 0 Å². The Morgan fingerprint density at radius 1 is 1.42 bits per heavy atom. The van der Waals surface area contributed by atoms with Crippen LogP contribution >= 0.6 is 11.3 Å². The summed E-state index contributed by atoms with van der Waals surface area (Å²) in [6, 6.07) is 8.00. The Morgan fingerprint density at radius 2 is 2.17 bits per heavy atom. The van der Waals surface area contributed by atoms with Gasteiger partial charge in [0.25, 0.3) is 0 Å². The minimum absolute atomic E-state index is 0.844. The summed E-state index contributed by atoms with van der Waals surface area (Å²) in [7, 11) is 1.79. The average Bonchev–Trinajstić information content (AvgIpc) is 2.46. The van der Waals surface area contributed by atoms with Gasteiger partial charge in [0.15, 0.2) is 0 Å². The summed E-state index contributed by atoms with van der Waals surface area (Å²) < 4.78 is 1.17. The van der Waals surface area contributed by atoms with Crippen molar-refractivity contribution in [2.75, 3.05) is 12.1 Å². The fourth-order valence-corrected chi connectivity index (χ4v) is 1.86. The standard InChI is InChI=1S/C8H9N3S/c1-11(9)8-10-6-4-2-3-5-7(6)12-8/h2-5H,9H2,1H3. The van der Waals surface area contributed by atoms with E-state index in [-0.39, 0.29) is 0 Å². The second-order valence-electron chi connectivity index (χ2n) is 2.58. The number of para-hydroxylation sites is 1. The van der Waals surface area contributed by atoms with Gasteiger partial charge in [0, 0.05) is 7.05 Å². The third-order valence-electron chi connectivity index (χ3n) is 1.58. The van der Waals surface area contributed by atoms with Crippen molar-refractivity contribution in [3.63, 3.8) is 0 Å². The van der Waals surface area contributed by atoms with E-state index in [1.165, 1.54) is 9.71 Å². The van der Waals surface area contributed by atoms with Crippen LogP contribution in [-0.2, 0) is 0 Å². The summed E-state index contributed by atoms with van der Waals surface area (Å²) in [6.07, 6.45) is 0. The lowest BCUT2D eigenvalue weighted by Gasteiger charge is -2.04. The van der Waals surface area contributed by atoms with Gasteiger partial charge in [-0.05, 0) is 12.1 Å². The van der Waals surface area contributed by atoms with Gasteiger partial charge >= 0.3 is 0 Å². The molecule has 1 aromatic heterocycles. The number of nitrogens with zero attached hydrogens (tertiary/aromatic N) is 2. The Balaban J connectivity index is 2.62. The number of hydrogen-bond acceptors (Lipinski definition) is 4. The molecule has 3 nitrogen and oxygen atoms in total. The van der Waals surface area contributed by atoms with E-state index in [1.807, 2.05) is 24.3 Å². The van der Waals surface area contributed by atoms with E-state index in [4.69, 9.17) is 5.84 Å². The summed E-state index contributed by atoms with van der Waals surface area (Å²) in [4.78, 5) is 4.33. The maximum atomic E-state index is 5.56. The summed E-state index contributed by atoms with van der Waals surface area (Å²) in [5.74, 6) is 5.56. The lowest BCUT2D eigenvalue weighted by atomic mass is 10.3. The second-order valence-corrected chi connectivity index (χ2v) is 3.58. The van der Waals surface area contributed by atoms with Gasteiger partial charge in [-0.15, -0.1) is 0 Å². The van der Waals surface area contributed by atoms with Crippen LogP contribution in [0.4, 0.5) is 5.13 Å². The molecule has 0 atom stereocenters. The molecule has 2 rings (SSSR count). The van der Waals surface area contributed by atoms with Gasteiger partial charge in [-0.3, -0.25) is 5.01 Å². The zero-order chi connectivity index (χ0) is 8.55. The molecular weight excluding hydrogens is 170 g/mol. The van der Waals surface area contributed by atoms with Gasteiger partial charge in [0.1, 0.15) is 0 Å². The molecular formula is C8H9N3S. The van der Waals surface area contributed by atoms with Gasteiger partial charge in [-0.1, -0.05) is 23.5 Å². The number of hydrogen-bond donors (Lipinski definition) is 1. The van der Waals surface area contributed by atoms with Crippen LogP contribution in [0.2, 0.25) is 0 Å². The first-order valence-electron chi connectivity index (χ1n) is 3.61. The Kier molecular flexibility index (Phi) is 1.71. The van der Waals surface area contributed by atoms with E-state index in [2.05, 4.69) is 4.98 Å². The van der Waals surface area contributed by atoms with Crippen molar-refractivity contribution in [3.8, 4) is 0 Å². The zero-order valence-electron chi connectivity index (χ0n) is 6.69. The van der Waals surface area contributed by atoms with Crippen molar-refractivity contribution in [1.82, 2.24) is 4.98 Å². The van der Waals surface area contributed by atoms with Crippen LogP contribution in [0.1, 0.15) is 0 Å². The van der Waals surface area contributed by atoms with Gasteiger partial charge in [0.2, 0.25) is 5.13 Å². The molecule has 2 aromatic rings. The highest BCUT2D eigenvalue weighted by Gasteiger charge is 2.03. The first-order chi connectivity index (χ1) is 5.77. The average molecular weight is 179 g/mol. The van der Waals surface area contributed by atoms with Gasteiger partial charge < -0.3 is 0 Å². The molecule has 0 bridgehead atoms. The van der Waals surface area contributed by atoms with Crippen molar-refractivity contribution in [2.24, 2.45) is 5.84 Å². The number of hydrazine groups is 1. The Bertz CT molecular complexity index is 361. The van der Waals surface area contributed by atoms with Crippen LogP contribution < -0.4 is 10.9 Å². The van der Waals surface area contributed by atoms with Crippen LogP contribution in [0.3, 0.4) is 0 Å². The normalized spacial score (nSPS) is 10.5. The molecule has 0 radical (unpaired) electrons. The van der Waals surface area contributed by atoms with E-state index >= 15 is 0 Å². The van der Waals surface area contributed by atoms with E-state index in [0.29, 0.717) is 0 Å². The molecule has 0 aliphatic carbocycles. The minimum atomic E-state index is 0.844. The highest BCUT2D eigenvalue weighted by atomic mass is 32.1. The first kappa shape index (κ1) is 7.52. The largest absolute Gasteiger partial charge is 0.289 e. The number of nitrogens with two attached hydrogens (primary N) is 1. The monoisotopic (exact) mass is 179 g/mol. The molecule has 62 valence electrons. The van der Waals surface area contributed by atoms with Crippen molar-refractivity contribution < 1.29 is 0 Å². The Hall–Kier alpha value is -1.13. The number of aromatic nitrogens is 1. The minimum Gasteiger partial charge on any atom is -0.289 e. The van der Waals surface area contributed by atoms with Crippen molar-refractivity contribution in [1.29, 1.82) is 0 Å². The molecule has 0 saturated carbocycles. The molecule has 0 aliphatic rings. The van der Waals surface area contributed by atoms with Crippen LogP contribution in [-0.4, -0.2) is 12.0 Å². The molecule has 1 heterocycles. The Morgan fingerprint density at radius 3 is 2.83 bits per heavy atom. The fraction of sp³-hybridized carbons (Fsp3) is 0.125. The molecule has 1 aromatic carbocycles. The van der Waals surface area contributed by atoms with E-state index in [9.17, 15) is 0 Å². The SMILES string of the molecule is CN(N)c1nc2ccccc2s1. The van der Waals surface area contributed by atoms with Crippen LogP contribution in [0.25, 0.3) is 10.2 Å². The van der Waals surface area contributed by atoms with Crippen molar-refractivity contribution in [3.05, 3.63) is 24.3 Å². The summed E-state index contributed by atoms with van der Waals surface area (Å²) >= 11 is 1.60. The predicted molar refractivity (Wildman–Crippen MR) is 52.2 cm³/mol. The smallest absolute Gasteiger partial charge is 0.200 e. The number of fused-ring (bicyclic) bond motifs is 1. The van der Waals surface area contributed by atoms with E-state index < -0.39 is 0 Å². The predicted octanol–water partition coefficient (Wildman–Crippen LogP) is 1.61. The fourth-order valence-electron chi connectivity index (χ4n) is 1.01. The molecule has 0 saturated heterocycles.